The highest BCUT2D eigenvalue weighted by atomic mass is 32.2. The number of rotatable bonds is 3. The Labute approximate surface area is 98.5 Å². The minimum absolute atomic E-state index is 0.231. The zero-order valence-corrected chi connectivity index (χ0v) is 9.67. The van der Waals surface area contributed by atoms with Crippen LogP contribution in [0.1, 0.15) is 16.9 Å². The molecule has 0 spiro atoms. The van der Waals surface area contributed by atoms with Gasteiger partial charge < -0.3 is 10.4 Å². The lowest BCUT2D eigenvalue weighted by atomic mass is 10.0. The predicted octanol–water partition coefficient (Wildman–Crippen LogP) is 0.679. The molecule has 2 N–H and O–H groups in total. The van der Waals surface area contributed by atoms with Gasteiger partial charge in [-0.05, 0) is 24.3 Å². The van der Waals surface area contributed by atoms with Crippen LogP contribution in [0.5, 0.6) is 0 Å². The molecule has 1 unspecified atom stereocenters. The lowest BCUT2D eigenvalue weighted by molar-refractivity contribution is 0.0611. The monoisotopic (exact) mass is 238 g/mol. The fourth-order valence-corrected chi connectivity index (χ4v) is 2.86. The number of aliphatic hydroxyl groups is 1. The minimum Gasteiger partial charge on any atom is -0.387 e. The average Bonchev–Trinajstić information content (AvgIpc) is 2.75. The summed E-state index contributed by atoms with van der Waals surface area (Å²) in [4.78, 5) is 15.6. The molecule has 1 atom stereocenters. The molecule has 0 saturated carbocycles. The molecule has 1 fully saturated rings. The zero-order valence-electron chi connectivity index (χ0n) is 8.85. The Balaban J connectivity index is 1.89. The number of nitrogens with zero attached hydrogens (tertiary/aromatic N) is 1. The van der Waals surface area contributed by atoms with Crippen molar-refractivity contribution in [1.82, 2.24) is 10.3 Å². The highest BCUT2D eigenvalue weighted by Crippen LogP contribution is 2.26. The number of aromatic nitrogens is 1. The van der Waals surface area contributed by atoms with Crippen molar-refractivity contribution >= 4 is 17.7 Å². The fourth-order valence-electron chi connectivity index (χ4n) is 1.57. The van der Waals surface area contributed by atoms with Crippen LogP contribution in [0.3, 0.4) is 0 Å². The van der Waals surface area contributed by atoms with Crippen molar-refractivity contribution in [2.24, 2.45) is 0 Å². The second kappa shape index (κ2) is 4.84. The maximum Gasteiger partial charge on any atom is 0.269 e. The third kappa shape index (κ3) is 2.74. The highest BCUT2D eigenvalue weighted by molar-refractivity contribution is 7.99. The van der Waals surface area contributed by atoms with E-state index >= 15 is 0 Å². The van der Waals surface area contributed by atoms with E-state index in [9.17, 15) is 9.90 Å². The van der Waals surface area contributed by atoms with Gasteiger partial charge in [0.05, 0.1) is 5.60 Å². The molecule has 0 aromatic carbocycles. The number of hydrogen-bond acceptors (Lipinski definition) is 4. The Kier molecular flexibility index (Phi) is 3.46. The standard InChI is InChI=1S/C11H14N2O2S/c14-10(9-3-1-2-5-12-9)13-7-11(15)4-6-16-8-11/h1-3,5,15H,4,6-8H2,(H,13,14). The number of pyridine rings is 1. The van der Waals surface area contributed by atoms with Gasteiger partial charge in [-0.3, -0.25) is 9.78 Å². The summed E-state index contributed by atoms with van der Waals surface area (Å²) in [6.07, 6.45) is 2.31. The fraction of sp³-hybridized carbons (Fsp3) is 0.455. The molecule has 1 aliphatic rings. The molecular formula is C11H14N2O2S. The van der Waals surface area contributed by atoms with Gasteiger partial charge in [0.25, 0.3) is 5.91 Å². The Morgan fingerprint density at radius 3 is 3.12 bits per heavy atom. The van der Waals surface area contributed by atoms with Gasteiger partial charge >= 0.3 is 0 Å². The van der Waals surface area contributed by atoms with E-state index in [4.69, 9.17) is 0 Å². The first-order valence-corrected chi connectivity index (χ1v) is 6.34. The largest absolute Gasteiger partial charge is 0.387 e. The summed E-state index contributed by atoms with van der Waals surface area (Å²) in [6.45, 7) is 0.301. The predicted molar refractivity (Wildman–Crippen MR) is 63.5 cm³/mol. The zero-order chi connectivity index (χ0) is 11.4. The maximum absolute atomic E-state index is 11.7. The Bertz CT molecular complexity index is 364. The molecule has 1 amide bonds. The van der Waals surface area contributed by atoms with Crippen LogP contribution in [0.4, 0.5) is 0 Å². The number of carbonyl (C=O) groups is 1. The van der Waals surface area contributed by atoms with Gasteiger partial charge in [-0.2, -0.15) is 11.8 Å². The van der Waals surface area contributed by atoms with E-state index in [1.165, 1.54) is 0 Å². The number of thioether (sulfide) groups is 1. The quantitative estimate of drug-likeness (QED) is 0.813. The van der Waals surface area contributed by atoms with Crippen molar-refractivity contribution in [3.8, 4) is 0 Å². The molecule has 0 aliphatic carbocycles. The van der Waals surface area contributed by atoms with Crippen LogP contribution in [0.25, 0.3) is 0 Å². The van der Waals surface area contributed by atoms with E-state index in [0.29, 0.717) is 18.0 Å². The first kappa shape index (κ1) is 11.4. The van der Waals surface area contributed by atoms with Gasteiger partial charge in [0.1, 0.15) is 5.69 Å². The van der Waals surface area contributed by atoms with Gasteiger partial charge in [-0.25, -0.2) is 0 Å². The van der Waals surface area contributed by atoms with Crippen LogP contribution in [-0.2, 0) is 0 Å². The van der Waals surface area contributed by atoms with Crippen molar-refractivity contribution in [3.63, 3.8) is 0 Å². The third-order valence-corrected chi connectivity index (χ3v) is 3.79. The van der Waals surface area contributed by atoms with Gasteiger partial charge in [0.2, 0.25) is 0 Å². The van der Waals surface area contributed by atoms with Crippen molar-refractivity contribution in [2.45, 2.75) is 12.0 Å². The van der Waals surface area contributed by atoms with Crippen LogP contribution >= 0.6 is 11.8 Å². The van der Waals surface area contributed by atoms with Gasteiger partial charge in [0.15, 0.2) is 0 Å². The van der Waals surface area contributed by atoms with E-state index in [1.807, 2.05) is 0 Å². The molecule has 4 nitrogen and oxygen atoms in total. The van der Waals surface area contributed by atoms with Crippen molar-refractivity contribution in [3.05, 3.63) is 30.1 Å². The lowest BCUT2D eigenvalue weighted by Crippen LogP contribution is -2.43. The summed E-state index contributed by atoms with van der Waals surface area (Å²) in [7, 11) is 0. The number of amides is 1. The van der Waals surface area contributed by atoms with Gasteiger partial charge in [-0.15, -0.1) is 0 Å². The molecule has 1 saturated heterocycles. The molecule has 0 radical (unpaired) electrons. The molecule has 5 heteroatoms. The number of carbonyl (C=O) groups excluding carboxylic acids is 1. The number of nitrogens with one attached hydrogen (secondary N) is 1. The number of hydrogen-bond donors (Lipinski definition) is 2. The molecule has 16 heavy (non-hydrogen) atoms. The van der Waals surface area contributed by atoms with Crippen LogP contribution in [0.2, 0.25) is 0 Å². The normalized spacial score (nSPS) is 24.3. The van der Waals surface area contributed by atoms with Crippen LogP contribution in [-0.4, -0.2) is 39.6 Å². The smallest absolute Gasteiger partial charge is 0.269 e. The van der Waals surface area contributed by atoms with Crippen LogP contribution in [0, 0.1) is 0 Å². The van der Waals surface area contributed by atoms with Gasteiger partial charge in [0, 0.05) is 18.5 Å². The van der Waals surface area contributed by atoms with E-state index < -0.39 is 5.60 Å². The maximum atomic E-state index is 11.7. The first-order valence-electron chi connectivity index (χ1n) is 5.19. The van der Waals surface area contributed by atoms with Crippen LogP contribution < -0.4 is 5.32 Å². The molecule has 2 rings (SSSR count). The Morgan fingerprint density at radius 1 is 1.62 bits per heavy atom. The second-order valence-corrected chi connectivity index (χ2v) is 5.03. The average molecular weight is 238 g/mol. The Morgan fingerprint density at radius 2 is 2.50 bits per heavy atom. The lowest BCUT2D eigenvalue weighted by Gasteiger charge is -2.21. The van der Waals surface area contributed by atoms with Crippen LogP contribution in [0.15, 0.2) is 24.4 Å². The highest BCUT2D eigenvalue weighted by Gasteiger charge is 2.32. The molecule has 1 aromatic rings. The molecule has 0 bridgehead atoms. The minimum atomic E-state index is -0.741. The topological polar surface area (TPSA) is 62.2 Å². The molecule has 1 aromatic heterocycles. The Hall–Kier alpha value is -1.07. The van der Waals surface area contributed by atoms with Crippen molar-refractivity contribution in [1.29, 1.82) is 0 Å². The molecule has 2 heterocycles. The van der Waals surface area contributed by atoms with Crippen molar-refractivity contribution < 1.29 is 9.90 Å². The molecule has 86 valence electrons. The summed E-state index contributed by atoms with van der Waals surface area (Å²) in [5.74, 6) is 1.41. The first-order chi connectivity index (χ1) is 7.70. The summed E-state index contributed by atoms with van der Waals surface area (Å²) in [5, 5.41) is 12.7. The van der Waals surface area contributed by atoms with E-state index in [2.05, 4.69) is 10.3 Å². The van der Waals surface area contributed by atoms with Gasteiger partial charge in [-0.1, -0.05) is 6.07 Å². The second-order valence-electron chi connectivity index (χ2n) is 3.92. The summed E-state index contributed by atoms with van der Waals surface area (Å²) >= 11 is 1.71. The van der Waals surface area contributed by atoms with E-state index in [0.717, 1.165) is 12.2 Å². The third-order valence-electron chi connectivity index (χ3n) is 2.56. The summed E-state index contributed by atoms with van der Waals surface area (Å²) in [6, 6.07) is 5.18. The SMILES string of the molecule is O=C(NCC1(O)CCSC1)c1ccccn1. The molecule has 1 aliphatic heterocycles. The van der Waals surface area contributed by atoms with Crippen molar-refractivity contribution in [2.75, 3.05) is 18.1 Å². The molecular weight excluding hydrogens is 224 g/mol. The van der Waals surface area contributed by atoms with E-state index in [-0.39, 0.29) is 5.91 Å². The van der Waals surface area contributed by atoms with E-state index in [1.54, 1.807) is 36.2 Å². The summed E-state index contributed by atoms with van der Waals surface area (Å²) in [5.41, 5.74) is -0.355. The summed E-state index contributed by atoms with van der Waals surface area (Å²) < 4.78 is 0.